The molecule has 0 N–H and O–H groups in total. The van der Waals surface area contributed by atoms with Gasteiger partial charge in [0.25, 0.3) is 0 Å². The van der Waals surface area contributed by atoms with Crippen LogP contribution in [0.1, 0.15) is 0 Å². The first kappa shape index (κ1) is 33.6. The van der Waals surface area contributed by atoms with Crippen molar-refractivity contribution in [2.45, 2.75) is 0 Å². The van der Waals surface area contributed by atoms with Crippen LogP contribution in [0.4, 0.5) is 17.1 Å². The maximum Gasteiger partial charge on any atom is 0.137 e. The Kier molecular flexibility index (Phi) is 8.19. The molecule has 0 saturated heterocycles. The van der Waals surface area contributed by atoms with Crippen LogP contribution >= 0.6 is 0 Å². The van der Waals surface area contributed by atoms with Gasteiger partial charge < -0.3 is 9.32 Å². The maximum atomic E-state index is 6.39. The summed E-state index contributed by atoms with van der Waals surface area (Å²) in [6.07, 6.45) is 0. The topological polar surface area (TPSA) is 16.4 Å². The van der Waals surface area contributed by atoms with Crippen molar-refractivity contribution in [3.05, 3.63) is 224 Å². The average Bonchev–Trinajstić information content (AvgIpc) is 3.69. The number of nitrogens with zero attached hydrogens (tertiary/aromatic N) is 1. The summed E-state index contributed by atoms with van der Waals surface area (Å²) in [5.74, 6) is 0. The van der Waals surface area contributed by atoms with E-state index in [9.17, 15) is 0 Å². The van der Waals surface area contributed by atoms with Crippen LogP contribution in [0.2, 0.25) is 0 Å². The SMILES string of the molecule is c1ccc(-c2ccc3ccc(-c4ccc(N(c5ccc(-c6ccc7ccc(-c8ccccc8)cc7c6)cc5)c5cccc6oc7ccccc7c56)cc4)cc3c2)cc1. The first-order valence-corrected chi connectivity index (χ1v) is 19.8. The lowest BCUT2D eigenvalue weighted by molar-refractivity contribution is 0.669. The first-order chi connectivity index (χ1) is 28.7. The van der Waals surface area contributed by atoms with Crippen LogP contribution in [-0.4, -0.2) is 0 Å². The van der Waals surface area contributed by atoms with Crippen LogP contribution in [0.5, 0.6) is 0 Å². The minimum Gasteiger partial charge on any atom is -0.456 e. The fourth-order valence-electron chi connectivity index (χ4n) is 8.45. The monoisotopic (exact) mass is 739 g/mol. The van der Waals surface area contributed by atoms with E-state index in [1.54, 1.807) is 0 Å². The van der Waals surface area contributed by atoms with Crippen LogP contribution in [0.15, 0.2) is 229 Å². The Morgan fingerprint density at radius 2 is 0.672 bits per heavy atom. The summed E-state index contributed by atoms with van der Waals surface area (Å²) >= 11 is 0. The van der Waals surface area contributed by atoms with Gasteiger partial charge in [0.15, 0.2) is 0 Å². The van der Waals surface area contributed by atoms with Crippen molar-refractivity contribution in [2.75, 3.05) is 4.90 Å². The molecule has 0 aliphatic carbocycles. The van der Waals surface area contributed by atoms with E-state index < -0.39 is 0 Å². The fourth-order valence-corrected chi connectivity index (χ4v) is 8.45. The molecule has 58 heavy (non-hydrogen) atoms. The zero-order valence-electron chi connectivity index (χ0n) is 31.7. The van der Waals surface area contributed by atoms with Crippen molar-refractivity contribution < 1.29 is 4.42 Å². The number of fused-ring (bicyclic) bond motifs is 5. The molecule has 1 heterocycles. The van der Waals surface area contributed by atoms with E-state index in [1.165, 1.54) is 66.1 Å². The Balaban J connectivity index is 0.985. The van der Waals surface area contributed by atoms with E-state index in [0.29, 0.717) is 0 Å². The molecule has 0 amide bonds. The van der Waals surface area contributed by atoms with Crippen molar-refractivity contribution in [3.8, 4) is 44.5 Å². The Morgan fingerprint density at radius 1 is 0.276 bits per heavy atom. The number of hydrogen-bond acceptors (Lipinski definition) is 2. The third-order valence-corrected chi connectivity index (χ3v) is 11.4. The van der Waals surface area contributed by atoms with E-state index >= 15 is 0 Å². The molecule has 0 radical (unpaired) electrons. The molecule has 0 saturated carbocycles. The summed E-state index contributed by atoms with van der Waals surface area (Å²) in [6, 6.07) is 80.7. The third-order valence-electron chi connectivity index (χ3n) is 11.4. The van der Waals surface area contributed by atoms with Crippen LogP contribution in [0.25, 0.3) is 88.0 Å². The first-order valence-electron chi connectivity index (χ1n) is 19.8. The lowest BCUT2D eigenvalue weighted by Crippen LogP contribution is -2.10. The predicted molar refractivity (Wildman–Crippen MR) is 245 cm³/mol. The van der Waals surface area contributed by atoms with E-state index in [1.807, 2.05) is 12.1 Å². The van der Waals surface area contributed by atoms with Gasteiger partial charge in [-0.3, -0.25) is 0 Å². The summed E-state index contributed by atoms with van der Waals surface area (Å²) in [5, 5.41) is 7.12. The van der Waals surface area contributed by atoms with Crippen molar-refractivity contribution in [3.63, 3.8) is 0 Å². The highest BCUT2D eigenvalue weighted by Gasteiger charge is 2.20. The summed E-state index contributed by atoms with van der Waals surface area (Å²) < 4.78 is 6.39. The van der Waals surface area contributed by atoms with Gasteiger partial charge in [-0.25, -0.2) is 0 Å². The van der Waals surface area contributed by atoms with Gasteiger partial charge >= 0.3 is 0 Å². The quantitative estimate of drug-likeness (QED) is 0.162. The van der Waals surface area contributed by atoms with Gasteiger partial charge in [0.1, 0.15) is 11.2 Å². The lowest BCUT2D eigenvalue weighted by atomic mass is 9.97. The molecule has 2 nitrogen and oxygen atoms in total. The number of hydrogen-bond donors (Lipinski definition) is 0. The Hall–Kier alpha value is -7.68. The van der Waals surface area contributed by atoms with Crippen LogP contribution in [-0.2, 0) is 0 Å². The van der Waals surface area contributed by atoms with E-state index in [4.69, 9.17) is 4.42 Å². The number of para-hydroxylation sites is 1. The van der Waals surface area contributed by atoms with Gasteiger partial charge in [0.2, 0.25) is 0 Å². The highest BCUT2D eigenvalue weighted by Crippen LogP contribution is 2.44. The maximum absolute atomic E-state index is 6.39. The molecule has 0 fully saturated rings. The predicted octanol–water partition coefficient (Wildman–Crippen LogP) is 16.0. The third kappa shape index (κ3) is 6.09. The molecule has 0 unspecified atom stereocenters. The van der Waals surface area contributed by atoms with Gasteiger partial charge in [-0.2, -0.15) is 0 Å². The van der Waals surface area contributed by atoms with Crippen molar-refractivity contribution in [1.82, 2.24) is 0 Å². The average molecular weight is 740 g/mol. The van der Waals surface area contributed by atoms with Crippen molar-refractivity contribution >= 4 is 60.5 Å². The highest BCUT2D eigenvalue weighted by atomic mass is 16.3. The molecule has 0 spiro atoms. The van der Waals surface area contributed by atoms with Crippen molar-refractivity contribution in [2.24, 2.45) is 0 Å². The normalized spacial score (nSPS) is 11.4. The second kappa shape index (κ2) is 14.1. The molecule has 11 rings (SSSR count). The number of rotatable bonds is 7. The van der Waals surface area contributed by atoms with Gasteiger partial charge in [0, 0.05) is 16.8 Å². The molecule has 0 aliphatic rings. The number of benzene rings is 10. The zero-order valence-corrected chi connectivity index (χ0v) is 31.7. The summed E-state index contributed by atoms with van der Waals surface area (Å²) in [7, 11) is 0. The molecule has 0 aliphatic heterocycles. The summed E-state index contributed by atoms with van der Waals surface area (Å²) in [6.45, 7) is 0. The molecule has 0 bridgehead atoms. The molecular formula is C56H37NO. The molecular weight excluding hydrogens is 703 g/mol. The van der Waals surface area contributed by atoms with E-state index in [0.717, 1.165) is 39.0 Å². The van der Waals surface area contributed by atoms with Crippen molar-refractivity contribution in [1.29, 1.82) is 0 Å². The minimum atomic E-state index is 0.869. The molecule has 272 valence electrons. The van der Waals surface area contributed by atoms with Crippen LogP contribution in [0.3, 0.4) is 0 Å². The molecule has 1 aromatic heterocycles. The van der Waals surface area contributed by atoms with Gasteiger partial charge in [0.05, 0.1) is 11.1 Å². The second-order valence-electron chi connectivity index (χ2n) is 15.0. The fraction of sp³-hybridized carbons (Fsp3) is 0. The molecule has 2 heteroatoms. The van der Waals surface area contributed by atoms with E-state index in [-0.39, 0.29) is 0 Å². The van der Waals surface area contributed by atoms with Gasteiger partial charge in [-0.15, -0.1) is 0 Å². The van der Waals surface area contributed by atoms with Crippen LogP contribution < -0.4 is 4.90 Å². The number of anilines is 3. The van der Waals surface area contributed by atoms with Crippen LogP contribution in [0, 0.1) is 0 Å². The molecule has 11 aromatic rings. The summed E-state index contributed by atoms with van der Waals surface area (Å²) in [5.41, 5.74) is 14.6. The largest absolute Gasteiger partial charge is 0.456 e. The Morgan fingerprint density at radius 3 is 1.16 bits per heavy atom. The lowest BCUT2D eigenvalue weighted by Gasteiger charge is -2.26. The zero-order chi connectivity index (χ0) is 38.4. The second-order valence-corrected chi connectivity index (χ2v) is 15.0. The smallest absolute Gasteiger partial charge is 0.137 e. The highest BCUT2D eigenvalue weighted by molar-refractivity contribution is 6.13. The minimum absolute atomic E-state index is 0.869. The van der Waals surface area contributed by atoms with Gasteiger partial charge in [-0.1, -0.05) is 158 Å². The Labute approximate surface area is 337 Å². The standard InChI is InChI=1S/C56H37NO/c1-3-10-38(11-4-1)44-22-18-42-20-24-46(36-48(42)34-44)40-26-30-50(31-27-40)57(53-15-9-17-55-56(53)52-14-7-8-16-54(52)58-55)51-32-28-41(29-33-51)47-25-21-43-19-23-45(35-49(43)37-47)39-12-5-2-6-13-39/h1-37H. The van der Waals surface area contributed by atoms with Gasteiger partial charge in [-0.05, 0) is 133 Å². The Bertz CT molecular complexity index is 3090. The number of furan rings is 1. The summed E-state index contributed by atoms with van der Waals surface area (Å²) in [4.78, 5) is 2.36. The van der Waals surface area contributed by atoms with E-state index in [2.05, 4.69) is 217 Å². The molecule has 0 atom stereocenters. The molecule has 10 aromatic carbocycles.